The standard InChI is InChI=1S/C17H18N2O5/c1-12(20)13-4-2-5-14(8-13)24-11-17(22)19-10-16(21)18-9-15-6-3-7-23-15/h2-8H,9-11H2,1H3,(H,18,21)(H,19,22). The van der Waals surface area contributed by atoms with Gasteiger partial charge >= 0.3 is 0 Å². The molecule has 0 aliphatic heterocycles. The van der Waals surface area contributed by atoms with Crippen LogP contribution in [-0.2, 0) is 16.1 Å². The van der Waals surface area contributed by atoms with E-state index in [9.17, 15) is 14.4 Å². The molecule has 2 N–H and O–H groups in total. The van der Waals surface area contributed by atoms with Crippen molar-refractivity contribution in [2.24, 2.45) is 0 Å². The molecule has 2 amide bonds. The Bertz CT molecular complexity index is 710. The maximum atomic E-state index is 11.7. The van der Waals surface area contributed by atoms with E-state index >= 15 is 0 Å². The van der Waals surface area contributed by atoms with Gasteiger partial charge < -0.3 is 19.8 Å². The molecule has 126 valence electrons. The summed E-state index contributed by atoms with van der Waals surface area (Å²) in [6.07, 6.45) is 1.52. The number of hydrogen-bond donors (Lipinski definition) is 2. The van der Waals surface area contributed by atoms with E-state index in [-0.39, 0.29) is 31.4 Å². The molecule has 24 heavy (non-hydrogen) atoms. The number of carbonyl (C=O) groups is 3. The highest BCUT2D eigenvalue weighted by molar-refractivity contribution is 5.94. The number of ketones is 1. The van der Waals surface area contributed by atoms with Gasteiger partial charge in [-0.2, -0.15) is 0 Å². The Hall–Kier alpha value is -3.09. The minimum absolute atomic E-state index is 0.0851. The average Bonchev–Trinajstić information content (AvgIpc) is 3.10. The number of ether oxygens (including phenoxy) is 1. The van der Waals surface area contributed by atoms with Crippen LogP contribution < -0.4 is 15.4 Å². The Morgan fingerprint density at radius 2 is 1.92 bits per heavy atom. The molecule has 0 unspecified atom stereocenters. The van der Waals surface area contributed by atoms with E-state index < -0.39 is 5.91 Å². The summed E-state index contributed by atoms with van der Waals surface area (Å²) in [7, 11) is 0. The summed E-state index contributed by atoms with van der Waals surface area (Å²) < 4.78 is 10.4. The molecular formula is C17H18N2O5. The van der Waals surface area contributed by atoms with Crippen LogP contribution in [0.3, 0.4) is 0 Å². The lowest BCUT2D eigenvalue weighted by atomic mass is 10.1. The molecular weight excluding hydrogens is 312 g/mol. The van der Waals surface area contributed by atoms with E-state index in [4.69, 9.17) is 9.15 Å². The summed E-state index contributed by atoms with van der Waals surface area (Å²) in [4.78, 5) is 34.5. The fourth-order valence-corrected chi connectivity index (χ4v) is 1.85. The highest BCUT2D eigenvalue weighted by Gasteiger charge is 2.08. The molecule has 0 atom stereocenters. The van der Waals surface area contributed by atoms with Crippen molar-refractivity contribution in [1.29, 1.82) is 0 Å². The number of benzene rings is 1. The number of Topliss-reactive ketones (excluding diaryl/α,β-unsaturated/α-hetero) is 1. The molecule has 0 saturated heterocycles. The van der Waals surface area contributed by atoms with Crippen LogP contribution in [0.4, 0.5) is 0 Å². The van der Waals surface area contributed by atoms with Crippen molar-refractivity contribution in [2.75, 3.05) is 13.2 Å². The van der Waals surface area contributed by atoms with Crippen LogP contribution in [0.15, 0.2) is 47.1 Å². The third-order valence-electron chi connectivity index (χ3n) is 3.10. The Morgan fingerprint density at radius 1 is 1.08 bits per heavy atom. The SMILES string of the molecule is CC(=O)c1cccc(OCC(=O)NCC(=O)NCc2ccco2)c1. The zero-order valence-corrected chi connectivity index (χ0v) is 13.2. The molecule has 0 spiro atoms. The van der Waals surface area contributed by atoms with Gasteiger partial charge in [0.1, 0.15) is 11.5 Å². The van der Waals surface area contributed by atoms with Gasteiger partial charge in [-0.3, -0.25) is 14.4 Å². The number of hydrogen-bond acceptors (Lipinski definition) is 5. The number of amides is 2. The first kappa shape index (κ1) is 17.3. The van der Waals surface area contributed by atoms with E-state index in [1.165, 1.54) is 13.2 Å². The van der Waals surface area contributed by atoms with Gasteiger partial charge in [-0.05, 0) is 31.2 Å². The second-order valence-electron chi connectivity index (χ2n) is 5.01. The zero-order chi connectivity index (χ0) is 17.4. The van der Waals surface area contributed by atoms with Crippen molar-refractivity contribution >= 4 is 17.6 Å². The number of carbonyl (C=O) groups excluding carboxylic acids is 3. The molecule has 7 heteroatoms. The summed E-state index contributed by atoms with van der Waals surface area (Å²) >= 11 is 0. The molecule has 0 aliphatic rings. The second kappa shape index (κ2) is 8.52. The van der Waals surface area contributed by atoms with Gasteiger partial charge in [-0.15, -0.1) is 0 Å². The minimum Gasteiger partial charge on any atom is -0.484 e. The average molecular weight is 330 g/mol. The van der Waals surface area contributed by atoms with Crippen molar-refractivity contribution in [1.82, 2.24) is 10.6 Å². The lowest BCUT2D eigenvalue weighted by molar-refractivity contribution is -0.127. The van der Waals surface area contributed by atoms with Gasteiger partial charge in [0.05, 0.1) is 19.4 Å². The predicted octanol–water partition coefficient (Wildman–Crippen LogP) is 1.29. The Kier molecular flexibility index (Phi) is 6.13. The Balaban J connectivity index is 1.68. The third kappa shape index (κ3) is 5.60. The van der Waals surface area contributed by atoms with Gasteiger partial charge in [0.2, 0.25) is 5.91 Å². The van der Waals surface area contributed by atoms with Crippen LogP contribution in [0.1, 0.15) is 23.0 Å². The fourth-order valence-electron chi connectivity index (χ4n) is 1.85. The molecule has 1 aromatic heterocycles. The van der Waals surface area contributed by atoms with Crippen LogP contribution in [0.2, 0.25) is 0 Å². The lowest BCUT2D eigenvalue weighted by Crippen LogP contribution is -2.38. The molecule has 2 aromatic rings. The maximum Gasteiger partial charge on any atom is 0.258 e. The molecule has 1 aromatic carbocycles. The minimum atomic E-state index is -0.434. The quantitative estimate of drug-likeness (QED) is 0.711. The largest absolute Gasteiger partial charge is 0.484 e. The van der Waals surface area contributed by atoms with Crippen molar-refractivity contribution in [3.8, 4) is 5.75 Å². The summed E-state index contributed by atoms with van der Waals surface area (Å²) in [5.41, 5.74) is 0.505. The summed E-state index contributed by atoms with van der Waals surface area (Å²) in [6.45, 7) is 1.31. The summed E-state index contributed by atoms with van der Waals surface area (Å²) in [5.74, 6) is 0.191. The fraction of sp³-hybridized carbons (Fsp3) is 0.235. The van der Waals surface area contributed by atoms with Crippen molar-refractivity contribution in [3.05, 3.63) is 54.0 Å². The Labute approximate surface area is 139 Å². The highest BCUT2D eigenvalue weighted by Crippen LogP contribution is 2.13. The van der Waals surface area contributed by atoms with E-state index in [0.717, 1.165) is 0 Å². The Morgan fingerprint density at radius 3 is 2.62 bits per heavy atom. The van der Waals surface area contributed by atoms with Crippen molar-refractivity contribution in [2.45, 2.75) is 13.5 Å². The molecule has 0 bridgehead atoms. The summed E-state index contributed by atoms with van der Waals surface area (Å²) in [5, 5.41) is 5.06. The molecule has 0 fully saturated rings. The topological polar surface area (TPSA) is 97.6 Å². The lowest BCUT2D eigenvalue weighted by Gasteiger charge is -2.08. The number of nitrogens with one attached hydrogen (secondary N) is 2. The highest BCUT2D eigenvalue weighted by atomic mass is 16.5. The van der Waals surface area contributed by atoms with Crippen LogP contribution in [0, 0.1) is 0 Å². The van der Waals surface area contributed by atoms with Gasteiger partial charge in [-0.25, -0.2) is 0 Å². The van der Waals surface area contributed by atoms with Gasteiger partial charge in [0.15, 0.2) is 12.4 Å². The molecule has 0 aliphatic carbocycles. The molecule has 1 heterocycles. The van der Waals surface area contributed by atoms with Crippen LogP contribution in [-0.4, -0.2) is 30.7 Å². The van der Waals surface area contributed by atoms with Crippen molar-refractivity contribution in [3.63, 3.8) is 0 Å². The van der Waals surface area contributed by atoms with Crippen LogP contribution in [0.25, 0.3) is 0 Å². The first-order valence-electron chi connectivity index (χ1n) is 7.34. The number of furan rings is 1. The van der Waals surface area contributed by atoms with Crippen LogP contribution in [0.5, 0.6) is 5.75 Å². The van der Waals surface area contributed by atoms with Crippen LogP contribution >= 0.6 is 0 Å². The van der Waals surface area contributed by atoms with E-state index in [2.05, 4.69) is 10.6 Å². The van der Waals surface area contributed by atoms with E-state index in [1.807, 2.05) is 0 Å². The third-order valence-corrected chi connectivity index (χ3v) is 3.10. The first-order chi connectivity index (χ1) is 11.5. The zero-order valence-electron chi connectivity index (χ0n) is 13.2. The number of rotatable bonds is 8. The van der Waals surface area contributed by atoms with E-state index in [1.54, 1.807) is 36.4 Å². The summed E-state index contributed by atoms with van der Waals surface area (Å²) in [6, 6.07) is 10.0. The predicted molar refractivity (Wildman–Crippen MR) is 85.5 cm³/mol. The van der Waals surface area contributed by atoms with Gasteiger partial charge in [0.25, 0.3) is 5.91 Å². The van der Waals surface area contributed by atoms with Gasteiger partial charge in [-0.1, -0.05) is 12.1 Å². The van der Waals surface area contributed by atoms with E-state index in [0.29, 0.717) is 17.1 Å². The monoisotopic (exact) mass is 330 g/mol. The molecule has 7 nitrogen and oxygen atoms in total. The normalized spacial score (nSPS) is 10.0. The maximum absolute atomic E-state index is 11.7. The molecule has 0 saturated carbocycles. The molecule has 2 rings (SSSR count). The second-order valence-corrected chi connectivity index (χ2v) is 5.01. The molecule has 0 radical (unpaired) electrons. The van der Waals surface area contributed by atoms with Gasteiger partial charge in [0, 0.05) is 5.56 Å². The van der Waals surface area contributed by atoms with Crippen molar-refractivity contribution < 1.29 is 23.5 Å². The smallest absolute Gasteiger partial charge is 0.258 e. The first-order valence-corrected chi connectivity index (χ1v) is 7.34.